The first-order valence-corrected chi connectivity index (χ1v) is 8.23. The maximum absolute atomic E-state index is 12.7. The van der Waals surface area contributed by atoms with Gasteiger partial charge in [-0.05, 0) is 33.3 Å². The predicted molar refractivity (Wildman–Crippen MR) is 92.3 cm³/mol. The third-order valence-corrected chi connectivity index (χ3v) is 3.84. The van der Waals surface area contributed by atoms with E-state index in [-0.39, 0.29) is 24.8 Å². The van der Waals surface area contributed by atoms with Gasteiger partial charge in [-0.1, -0.05) is 20.8 Å². The lowest BCUT2D eigenvalue weighted by molar-refractivity contribution is -0.138. The number of amides is 1. The lowest BCUT2D eigenvalue weighted by Gasteiger charge is -2.28. The summed E-state index contributed by atoms with van der Waals surface area (Å²) in [7, 11) is 0. The van der Waals surface area contributed by atoms with Crippen molar-refractivity contribution in [1.82, 2.24) is 9.88 Å². The number of nitrogens with zero attached hydrogens (tertiary/aromatic N) is 1. The topological polar surface area (TPSA) is 79.5 Å². The molecule has 0 aliphatic rings. The summed E-state index contributed by atoms with van der Waals surface area (Å²) in [6.07, 6.45) is 0. The van der Waals surface area contributed by atoms with Crippen LogP contribution in [0.4, 0.5) is 0 Å². The molecule has 6 nitrogen and oxygen atoms in total. The molecule has 1 rings (SSSR count). The van der Waals surface area contributed by atoms with Gasteiger partial charge in [0.1, 0.15) is 5.69 Å². The smallest absolute Gasteiger partial charge is 0.355 e. The minimum absolute atomic E-state index is 0.00555. The lowest BCUT2D eigenvalue weighted by atomic mass is 9.94. The Kier molecular flexibility index (Phi) is 6.35. The molecule has 24 heavy (non-hydrogen) atoms. The van der Waals surface area contributed by atoms with E-state index < -0.39 is 11.4 Å². The predicted octanol–water partition coefficient (Wildman–Crippen LogP) is 2.89. The fourth-order valence-corrected chi connectivity index (χ4v) is 2.63. The van der Waals surface area contributed by atoms with Crippen molar-refractivity contribution in [2.75, 3.05) is 19.7 Å². The van der Waals surface area contributed by atoms with Crippen LogP contribution in [0.2, 0.25) is 0 Å². The van der Waals surface area contributed by atoms with E-state index in [0.717, 1.165) is 0 Å². The Morgan fingerprint density at radius 2 is 1.71 bits per heavy atom. The van der Waals surface area contributed by atoms with Crippen LogP contribution in [0.15, 0.2) is 0 Å². The molecule has 6 heteroatoms. The quantitative estimate of drug-likeness (QED) is 0.640. The Hall–Kier alpha value is -2.11. The van der Waals surface area contributed by atoms with Gasteiger partial charge in [-0.3, -0.25) is 9.59 Å². The molecule has 0 aliphatic carbocycles. The summed E-state index contributed by atoms with van der Waals surface area (Å²) in [5, 5.41) is 0. The van der Waals surface area contributed by atoms with Gasteiger partial charge >= 0.3 is 5.97 Å². The Morgan fingerprint density at radius 3 is 2.17 bits per heavy atom. The average Bonchev–Trinajstić information content (AvgIpc) is 2.78. The molecule has 0 radical (unpaired) electrons. The van der Waals surface area contributed by atoms with E-state index in [2.05, 4.69) is 4.98 Å². The summed E-state index contributed by atoms with van der Waals surface area (Å²) in [5.41, 5.74) is 1.38. The molecular weight excluding hydrogens is 308 g/mol. The number of carbonyl (C=O) groups is 3. The van der Waals surface area contributed by atoms with Gasteiger partial charge in [0.05, 0.1) is 13.2 Å². The van der Waals surface area contributed by atoms with E-state index in [9.17, 15) is 14.4 Å². The maximum atomic E-state index is 12.7. The number of Topliss-reactive ketones (excluding diaryl/α,β-unsaturated/α-hetero) is 1. The molecule has 1 aromatic heterocycles. The van der Waals surface area contributed by atoms with Crippen LogP contribution in [0.25, 0.3) is 0 Å². The van der Waals surface area contributed by atoms with Crippen molar-refractivity contribution in [3.05, 3.63) is 22.5 Å². The van der Waals surface area contributed by atoms with Crippen LogP contribution in [0.3, 0.4) is 0 Å². The number of ketones is 1. The normalized spacial score (nSPS) is 11.3. The van der Waals surface area contributed by atoms with Gasteiger partial charge in [-0.25, -0.2) is 4.79 Å². The van der Waals surface area contributed by atoms with Crippen LogP contribution in [-0.2, 0) is 9.53 Å². The molecule has 1 heterocycles. The molecule has 0 atom stereocenters. The number of likely N-dealkylation sites (N-methyl/N-ethyl adjacent to an activating group) is 1. The number of hydrogen-bond donors (Lipinski definition) is 1. The molecule has 1 N–H and O–H groups in total. The summed E-state index contributed by atoms with van der Waals surface area (Å²) in [6, 6.07) is 0. The van der Waals surface area contributed by atoms with Gasteiger partial charge in [0.15, 0.2) is 5.78 Å². The minimum Gasteiger partial charge on any atom is -0.461 e. The molecule has 0 aliphatic heterocycles. The standard InChI is InChI=1S/C18H28N2O4/c1-8-20(17(23)18(5,6)7)10-13(21)14-11(3)15(19-12(14)4)16(22)24-9-2/h19H,8-10H2,1-7H3. The SMILES string of the molecule is CCOC(=O)c1[nH]c(C)c(C(=O)CN(CC)C(=O)C(C)(C)C)c1C. The first-order chi connectivity index (χ1) is 11.0. The van der Waals surface area contributed by atoms with Gasteiger partial charge in [-0.2, -0.15) is 0 Å². The molecule has 1 amide bonds. The molecule has 0 aromatic carbocycles. The number of carbonyl (C=O) groups excluding carboxylic acids is 3. The van der Waals surface area contributed by atoms with Crippen LogP contribution in [0.1, 0.15) is 66.7 Å². The Morgan fingerprint density at radius 1 is 1.12 bits per heavy atom. The van der Waals surface area contributed by atoms with E-state index in [0.29, 0.717) is 29.1 Å². The molecule has 0 saturated carbocycles. The Balaban J connectivity index is 3.08. The molecular formula is C18H28N2O4. The van der Waals surface area contributed by atoms with Crippen molar-refractivity contribution in [1.29, 1.82) is 0 Å². The molecule has 134 valence electrons. The molecule has 0 fully saturated rings. The van der Waals surface area contributed by atoms with Crippen LogP contribution >= 0.6 is 0 Å². The highest BCUT2D eigenvalue weighted by Crippen LogP contribution is 2.22. The van der Waals surface area contributed by atoms with Crippen molar-refractivity contribution in [2.45, 2.75) is 48.5 Å². The number of H-pyrrole nitrogens is 1. The van der Waals surface area contributed by atoms with Gasteiger partial charge < -0.3 is 14.6 Å². The molecule has 1 aromatic rings. The minimum atomic E-state index is -0.547. The van der Waals surface area contributed by atoms with Crippen LogP contribution in [0.5, 0.6) is 0 Å². The van der Waals surface area contributed by atoms with Crippen molar-refractivity contribution >= 4 is 17.7 Å². The summed E-state index contributed by atoms with van der Waals surface area (Å²) in [4.78, 5) is 41.6. The second kappa shape index (κ2) is 7.64. The van der Waals surface area contributed by atoms with Gasteiger partial charge in [0.25, 0.3) is 0 Å². The molecule has 0 spiro atoms. The third-order valence-electron chi connectivity index (χ3n) is 3.84. The van der Waals surface area contributed by atoms with Crippen molar-refractivity contribution in [2.24, 2.45) is 5.41 Å². The zero-order valence-electron chi connectivity index (χ0n) is 15.7. The number of rotatable bonds is 6. The number of aromatic nitrogens is 1. The number of ether oxygens (including phenoxy) is 1. The van der Waals surface area contributed by atoms with E-state index >= 15 is 0 Å². The van der Waals surface area contributed by atoms with Crippen LogP contribution in [0, 0.1) is 19.3 Å². The highest BCUT2D eigenvalue weighted by atomic mass is 16.5. The van der Waals surface area contributed by atoms with Gasteiger partial charge in [-0.15, -0.1) is 0 Å². The van der Waals surface area contributed by atoms with E-state index in [1.54, 1.807) is 20.8 Å². The molecule has 0 bridgehead atoms. The molecule has 0 unspecified atom stereocenters. The van der Waals surface area contributed by atoms with Crippen LogP contribution < -0.4 is 0 Å². The number of hydrogen-bond acceptors (Lipinski definition) is 4. The van der Waals surface area contributed by atoms with Crippen molar-refractivity contribution < 1.29 is 19.1 Å². The monoisotopic (exact) mass is 336 g/mol. The Labute approximate surface area is 143 Å². The fraction of sp³-hybridized carbons (Fsp3) is 0.611. The Bertz CT molecular complexity index is 638. The summed E-state index contributed by atoms with van der Waals surface area (Å²) in [5.74, 6) is -0.735. The number of aromatic amines is 1. The highest BCUT2D eigenvalue weighted by Gasteiger charge is 2.29. The largest absolute Gasteiger partial charge is 0.461 e. The first-order valence-electron chi connectivity index (χ1n) is 8.23. The van der Waals surface area contributed by atoms with Gasteiger partial charge in [0, 0.05) is 23.2 Å². The van der Waals surface area contributed by atoms with Crippen molar-refractivity contribution in [3.8, 4) is 0 Å². The zero-order valence-corrected chi connectivity index (χ0v) is 15.7. The summed E-state index contributed by atoms with van der Waals surface area (Å²) in [6.45, 7) is 13.2. The summed E-state index contributed by atoms with van der Waals surface area (Å²) >= 11 is 0. The first kappa shape index (κ1) is 19.9. The molecule has 0 saturated heterocycles. The van der Waals surface area contributed by atoms with E-state index in [1.165, 1.54) is 4.90 Å². The average molecular weight is 336 g/mol. The number of aryl methyl sites for hydroxylation is 1. The van der Waals surface area contributed by atoms with E-state index in [4.69, 9.17) is 4.74 Å². The lowest BCUT2D eigenvalue weighted by Crippen LogP contribution is -2.42. The summed E-state index contributed by atoms with van der Waals surface area (Å²) < 4.78 is 5.00. The number of esters is 1. The van der Waals surface area contributed by atoms with Gasteiger partial charge in [0.2, 0.25) is 5.91 Å². The second-order valence-electron chi connectivity index (χ2n) is 6.84. The highest BCUT2D eigenvalue weighted by molar-refractivity contribution is 6.04. The number of nitrogens with one attached hydrogen (secondary N) is 1. The zero-order chi connectivity index (χ0) is 18.7. The van der Waals surface area contributed by atoms with Crippen molar-refractivity contribution in [3.63, 3.8) is 0 Å². The fourth-order valence-electron chi connectivity index (χ4n) is 2.63. The second-order valence-corrected chi connectivity index (χ2v) is 6.84. The van der Waals surface area contributed by atoms with E-state index in [1.807, 2.05) is 27.7 Å². The maximum Gasteiger partial charge on any atom is 0.355 e. The third kappa shape index (κ3) is 4.24. The van der Waals surface area contributed by atoms with Crippen LogP contribution in [-0.4, -0.2) is 47.2 Å².